The lowest BCUT2D eigenvalue weighted by atomic mass is 10.1. The van der Waals surface area contributed by atoms with Gasteiger partial charge in [0.2, 0.25) is 15.8 Å². The van der Waals surface area contributed by atoms with Crippen molar-refractivity contribution in [3.63, 3.8) is 0 Å². The van der Waals surface area contributed by atoms with E-state index in [0.717, 1.165) is 17.2 Å². The third-order valence-corrected chi connectivity index (χ3v) is 6.90. The normalized spacial score (nSPS) is 16.1. The van der Waals surface area contributed by atoms with Gasteiger partial charge in [-0.15, -0.1) is 0 Å². The summed E-state index contributed by atoms with van der Waals surface area (Å²) < 4.78 is 32.9. The van der Waals surface area contributed by atoms with Crippen LogP contribution >= 0.6 is 0 Å². The summed E-state index contributed by atoms with van der Waals surface area (Å²) in [6, 6.07) is 9.23. The van der Waals surface area contributed by atoms with Crippen LogP contribution in [0.4, 0.5) is 5.69 Å². The third kappa shape index (κ3) is 4.01. The zero-order valence-corrected chi connectivity index (χ0v) is 16.9. The maximum absolute atomic E-state index is 12.9. The molecule has 28 heavy (non-hydrogen) atoms. The minimum absolute atomic E-state index is 0.0102. The Balaban J connectivity index is 1.95. The summed E-state index contributed by atoms with van der Waals surface area (Å²) in [6.45, 7) is 5.73. The zero-order valence-electron chi connectivity index (χ0n) is 16.1. The minimum atomic E-state index is -3.80. The molecule has 0 saturated carbocycles. The fraction of sp³-hybridized carbons (Fsp3) is 0.368. The Hall–Kier alpha value is -2.49. The number of ether oxygens (including phenoxy) is 1. The zero-order chi connectivity index (χ0) is 20.5. The van der Waals surface area contributed by atoms with Crippen LogP contribution in [0.2, 0.25) is 0 Å². The SMILES string of the molecule is Cc1cccc(Oc2ccc(S(=O)(=O)N3CCN(C)CC3)cc2[N+](=O)[O-])c1C. The predicted molar refractivity (Wildman–Crippen MR) is 105 cm³/mol. The van der Waals surface area contributed by atoms with Gasteiger partial charge in [0.15, 0.2) is 0 Å². The second kappa shape index (κ2) is 7.86. The second-order valence-corrected chi connectivity index (χ2v) is 8.83. The van der Waals surface area contributed by atoms with Crippen LogP contribution in [0.1, 0.15) is 11.1 Å². The average Bonchev–Trinajstić information content (AvgIpc) is 2.66. The molecule has 8 nitrogen and oxygen atoms in total. The van der Waals surface area contributed by atoms with E-state index < -0.39 is 14.9 Å². The summed E-state index contributed by atoms with van der Waals surface area (Å²) in [7, 11) is -1.87. The van der Waals surface area contributed by atoms with Gasteiger partial charge in [0.05, 0.1) is 9.82 Å². The van der Waals surface area contributed by atoms with Crippen LogP contribution in [0.25, 0.3) is 0 Å². The molecular formula is C19H23N3O5S. The van der Waals surface area contributed by atoms with Crippen LogP contribution in [0.5, 0.6) is 11.5 Å². The Morgan fingerprint density at radius 1 is 1.04 bits per heavy atom. The fourth-order valence-corrected chi connectivity index (χ4v) is 4.46. The van der Waals surface area contributed by atoms with Crippen LogP contribution in [-0.4, -0.2) is 55.8 Å². The molecule has 3 rings (SSSR count). The van der Waals surface area contributed by atoms with Crippen LogP contribution in [0.15, 0.2) is 41.3 Å². The molecule has 1 heterocycles. The van der Waals surface area contributed by atoms with Crippen molar-refractivity contribution in [2.45, 2.75) is 18.7 Å². The molecule has 0 aliphatic carbocycles. The Kier molecular flexibility index (Phi) is 5.69. The number of nitro groups is 1. The van der Waals surface area contributed by atoms with Crippen molar-refractivity contribution in [1.82, 2.24) is 9.21 Å². The smallest absolute Gasteiger partial charge is 0.312 e. The Labute approximate surface area is 164 Å². The first kappa shape index (κ1) is 20.2. The summed E-state index contributed by atoms with van der Waals surface area (Å²) in [5, 5.41) is 11.6. The third-order valence-electron chi connectivity index (χ3n) is 5.00. The van der Waals surface area contributed by atoms with Crippen LogP contribution in [0.3, 0.4) is 0 Å². The number of sulfonamides is 1. The van der Waals surface area contributed by atoms with Crippen LogP contribution < -0.4 is 4.74 Å². The van der Waals surface area contributed by atoms with Gasteiger partial charge in [0.1, 0.15) is 5.75 Å². The van der Waals surface area contributed by atoms with Crippen molar-refractivity contribution in [1.29, 1.82) is 0 Å². The minimum Gasteiger partial charge on any atom is -0.450 e. The molecular weight excluding hydrogens is 382 g/mol. The molecule has 150 valence electrons. The number of benzene rings is 2. The summed E-state index contributed by atoms with van der Waals surface area (Å²) in [5.74, 6) is 0.508. The molecule has 0 bridgehead atoms. The molecule has 9 heteroatoms. The number of rotatable bonds is 5. The van der Waals surface area contributed by atoms with E-state index in [4.69, 9.17) is 4.74 Å². The number of aryl methyl sites for hydroxylation is 1. The highest BCUT2D eigenvalue weighted by atomic mass is 32.2. The first-order valence-electron chi connectivity index (χ1n) is 8.91. The first-order valence-corrected chi connectivity index (χ1v) is 10.4. The first-order chi connectivity index (χ1) is 13.2. The molecule has 0 radical (unpaired) electrons. The van der Waals surface area contributed by atoms with E-state index in [1.165, 1.54) is 16.4 Å². The summed E-state index contributed by atoms with van der Waals surface area (Å²) in [6.07, 6.45) is 0. The van der Waals surface area contributed by atoms with Gasteiger partial charge in [0, 0.05) is 32.2 Å². The standard InChI is InChI=1S/C19H23N3O5S/c1-14-5-4-6-18(15(14)2)27-19-8-7-16(13-17(19)22(23)24)28(25,26)21-11-9-20(3)10-12-21/h4-8,13H,9-12H2,1-3H3. The highest BCUT2D eigenvalue weighted by Crippen LogP contribution is 2.35. The van der Waals surface area contributed by atoms with E-state index in [-0.39, 0.29) is 16.3 Å². The number of hydrogen-bond donors (Lipinski definition) is 0. The van der Waals surface area contributed by atoms with E-state index in [1.54, 1.807) is 12.1 Å². The van der Waals surface area contributed by atoms with Crippen LogP contribution in [0, 0.1) is 24.0 Å². The summed E-state index contributed by atoms with van der Waals surface area (Å²) >= 11 is 0. The van der Waals surface area contributed by atoms with E-state index in [9.17, 15) is 18.5 Å². The average molecular weight is 405 g/mol. The van der Waals surface area contributed by atoms with Crippen molar-refractivity contribution in [3.8, 4) is 11.5 Å². The second-order valence-electron chi connectivity index (χ2n) is 6.89. The van der Waals surface area contributed by atoms with Gasteiger partial charge in [-0.05, 0) is 50.2 Å². The maximum atomic E-state index is 12.9. The van der Waals surface area contributed by atoms with Crippen LogP contribution in [-0.2, 0) is 10.0 Å². The van der Waals surface area contributed by atoms with E-state index in [1.807, 2.05) is 31.9 Å². The summed E-state index contributed by atoms with van der Waals surface area (Å²) in [4.78, 5) is 12.9. The molecule has 2 aromatic carbocycles. The van der Waals surface area contributed by atoms with E-state index >= 15 is 0 Å². The molecule has 0 amide bonds. The largest absolute Gasteiger partial charge is 0.450 e. The van der Waals surface area contributed by atoms with Crippen molar-refractivity contribution < 1.29 is 18.1 Å². The Morgan fingerprint density at radius 2 is 1.71 bits per heavy atom. The van der Waals surface area contributed by atoms with E-state index in [0.29, 0.717) is 31.9 Å². The highest BCUT2D eigenvalue weighted by molar-refractivity contribution is 7.89. The van der Waals surface area contributed by atoms with Crippen molar-refractivity contribution >= 4 is 15.7 Å². The Bertz CT molecular complexity index is 999. The van der Waals surface area contributed by atoms with Gasteiger partial charge in [-0.25, -0.2) is 8.42 Å². The molecule has 0 unspecified atom stereocenters. The molecule has 1 fully saturated rings. The van der Waals surface area contributed by atoms with Gasteiger partial charge >= 0.3 is 5.69 Å². The van der Waals surface area contributed by atoms with Crippen molar-refractivity contribution in [2.75, 3.05) is 33.2 Å². The molecule has 2 aromatic rings. The molecule has 1 saturated heterocycles. The van der Waals surface area contributed by atoms with Crippen molar-refractivity contribution in [2.24, 2.45) is 0 Å². The monoisotopic (exact) mass is 405 g/mol. The lowest BCUT2D eigenvalue weighted by Crippen LogP contribution is -2.47. The van der Waals surface area contributed by atoms with Gasteiger partial charge in [-0.1, -0.05) is 12.1 Å². The predicted octanol–water partition coefficient (Wildman–Crippen LogP) is 2.94. The molecule has 1 aliphatic rings. The topological polar surface area (TPSA) is 93.0 Å². The Morgan fingerprint density at radius 3 is 2.36 bits per heavy atom. The number of piperazine rings is 1. The number of likely N-dealkylation sites (N-methyl/N-ethyl adjacent to an activating group) is 1. The number of hydrogen-bond acceptors (Lipinski definition) is 6. The quantitative estimate of drug-likeness (QED) is 0.561. The van der Waals surface area contributed by atoms with Gasteiger partial charge in [-0.3, -0.25) is 10.1 Å². The van der Waals surface area contributed by atoms with Gasteiger partial charge in [-0.2, -0.15) is 4.31 Å². The fourth-order valence-electron chi connectivity index (χ4n) is 3.02. The van der Waals surface area contributed by atoms with Gasteiger partial charge < -0.3 is 9.64 Å². The van der Waals surface area contributed by atoms with Gasteiger partial charge in [0.25, 0.3) is 0 Å². The number of nitrogens with zero attached hydrogens (tertiary/aromatic N) is 3. The lowest BCUT2D eigenvalue weighted by Gasteiger charge is -2.31. The number of nitro benzene ring substituents is 1. The molecule has 0 N–H and O–H groups in total. The molecule has 1 aliphatic heterocycles. The van der Waals surface area contributed by atoms with E-state index in [2.05, 4.69) is 0 Å². The molecule has 0 spiro atoms. The lowest BCUT2D eigenvalue weighted by molar-refractivity contribution is -0.385. The highest BCUT2D eigenvalue weighted by Gasteiger charge is 2.30. The molecule has 0 atom stereocenters. The maximum Gasteiger partial charge on any atom is 0.312 e. The summed E-state index contributed by atoms with van der Waals surface area (Å²) in [5.41, 5.74) is 1.48. The molecule has 0 aromatic heterocycles. The van der Waals surface area contributed by atoms with Crippen molar-refractivity contribution in [3.05, 3.63) is 57.6 Å².